The first kappa shape index (κ1) is 18.8. The lowest BCUT2D eigenvalue weighted by Gasteiger charge is -2.14. The van der Waals surface area contributed by atoms with Crippen molar-refractivity contribution in [2.75, 3.05) is 0 Å². The first-order chi connectivity index (χ1) is 12.4. The molecule has 2 aromatic carbocycles. The van der Waals surface area contributed by atoms with Gasteiger partial charge in [-0.15, -0.1) is 0 Å². The molecule has 0 unspecified atom stereocenters. The summed E-state index contributed by atoms with van der Waals surface area (Å²) in [5, 5.41) is 10.7. The van der Waals surface area contributed by atoms with E-state index in [1.165, 1.54) is 0 Å². The minimum atomic E-state index is -0.240. The van der Waals surface area contributed by atoms with Gasteiger partial charge in [-0.3, -0.25) is 0 Å². The quantitative estimate of drug-likeness (QED) is 0.664. The molecule has 0 amide bonds. The molecule has 0 saturated heterocycles. The summed E-state index contributed by atoms with van der Waals surface area (Å²) in [5.41, 5.74) is 10.9. The zero-order chi connectivity index (χ0) is 18.8. The number of benzene rings is 2. The summed E-state index contributed by atoms with van der Waals surface area (Å²) in [6, 6.07) is 13.1. The summed E-state index contributed by atoms with van der Waals surface area (Å²) < 4.78 is 0. The summed E-state index contributed by atoms with van der Waals surface area (Å²) >= 11 is 12.5. The number of aromatic nitrogens is 2. The van der Waals surface area contributed by atoms with Gasteiger partial charge in [0, 0.05) is 17.2 Å². The van der Waals surface area contributed by atoms with E-state index in [4.69, 9.17) is 33.9 Å². The van der Waals surface area contributed by atoms with Gasteiger partial charge in [-0.25, -0.2) is 9.97 Å². The van der Waals surface area contributed by atoms with Crippen molar-refractivity contribution in [2.45, 2.75) is 26.5 Å². The van der Waals surface area contributed by atoms with Gasteiger partial charge in [-0.2, -0.15) is 0 Å². The van der Waals surface area contributed by atoms with Crippen LogP contribution >= 0.6 is 23.2 Å². The monoisotopic (exact) mass is 387 g/mol. The van der Waals surface area contributed by atoms with Crippen molar-refractivity contribution >= 4 is 23.2 Å². The number of rotatable bonds is 4. The SMILES string of the molecule is Cc1nc(-c2cccc([C@H](C)N)c2)c(CO)nc1-c1cccc(Cl)c1Cl. The third-order valence-corrected chi connectivity index (χ3v) is 5.00. The van der Waals surface area contributed by atoms with Crippen molar-refractivity contribution in [3.8, 4) is 22.5 Å². The van der Waals surface area contributed by atoms with Gasteiger partial charge in [0.05, 0.1) is 39.4 Å². The van der Waals surface area contributed by atoms with Gasteiger partial charge in [0.1, 0.15) is 0 Å². The first-order valence-electron chi connectivity index (χ1n) is 8.21. The molecule has 0 fully saturated rings. The minimum Gasteiger partial charge on any atom is -0.390 e. The van der Waals surface area contributed by atoms with Crippen LogP contribution in [0, 0.1) is 6.92 Å². The zero-order valence-corrected chi connectivity index (χ0v) is 16.0. The Morgan fingerprint density at radius 2 is 1.81 bits per heavy atom. The molecular weight excluding hydrogens is 369 g/mol. The molecule has 134 valence electrons. The highest BCUT2D eigenvalue weighted by molar-refractivity contribution is 6.43. The lowest BCUT2D eigenvalue weighted by atomic mass is 10.0. The maximum atomic E-state index is 9.86. The van der Waals surface area contributed by atoms with E-state index >= 15 is 0 Å². The Bertz CT molecular complexity index is 958. The minimum absolute atomic E-state index is 0.0916. The van der Waals surface area contributed by atoms with Crippen molar-refractivity contribution in [2.24, 2.45) is 5.73 Å². The fourth-order valence-electron chi connectivity index (χ4n) is 2.81. The molecule has 4 nitrogen and oxygen atoms in total. The average Bonchev–Trinajstić information content (AvgIpc) is 2.64. The van der Waals surface area contributed by atoms with Crippen LogP contribution in [0.4, 0.5) is 0 Å². The third-order valence-electron chi connectivity index (χ3n) is 4.18. The largest absolute Gasteiger partial charge is 0.390 e. The Morgan fingerprint density at radius 1 is 1.08 bits per heavy atom. The standard InChI is InChI=1S/C20H19Cl2N3O/c1-11(23)13-5-3-6-14(9-13)20-17(10-26)25-19(12(2)24-20)15-7-4-8-16(21)18(15)22/h3-9,11,26H,10,23H2,1-2H3/t11-/m0/s1. The first-order valence-corrected chi connectivity index (χ1v) is 8.96. The van der Waals surface area contributed by atoms with E-state index in [2.05, 4.69) is 4.98 Å². The average molecular weight is 388 g/mol. The van der Waals surface area contributed by atoms with E-state index in [-0.39, 0.29) is 12.6 Å². The second-order valence-corrected chi connectivity index (χ2v) is 6.91. The molecule has 0 bridgehead atoms. The van der Waals surface area contributed by atoms with E-state index in [0.29, 0.717) is 38.4 Å². The fraction of sp³-hybridized carbons (Fsp3) is 0.200. The van der Waals surface area contributed by atoms with E-state index < -0.39 is 0 Å². The lowest BCUT2D eigenvalue weighted by Crippen LogP contribution is -2.06. The molecular formula is C20H19Cl2N3O. The van der Waals surface area contributed by atoms with Crippen molar-refractivity contribution in [3.05, 3.63) is 69.5 Å². The zero-order valence-electron chi connectivity index (χ0n) is 14.5. The van der Waals surface area contributed by atoms with Crippen LogP contribution in [-0.4, -0.2) is 15.1 Å². The number of aryl methyl sites for hydroxylation is 1. The Morgan fingerprint density at radius 3 is 2.50 bits per heavy atom. The molecule has 1 atom stereocenters. The molecule has 0 aliphatic carbocycles. The van der Waals surface area contributed by atoms with E-state index in [9.17, 15) is 5.11 Å². The molecule has 3 rings (SSSR count). The van der Waals surface area contributed by atoms with Crippen LogP contribution in [0.25, 0.3) is 22.5 Å². The van der Waals surface area contributed by atoms with Crippen LogP contribution in [-0.2, 0) is 6.61 Å². The smallest absolute Gasteiger partial charge is 0.0945 e. The van der Waals surface area contributed by atoms with Gasteiger partial charge >= 0.3 is 0 Å². The Kier molecular flexibility index (Phi) is 5.58. The van der Waals surface area contributed by atoms with Gasteiger partial charge in [-0.1, -0.05) is 53.5 Å². The van der Waals surface area contributed by atoms with Gasteiger partial charge in [0.15, 0.2) is 0 Å². The lowest BCUT2D eigenvalue weighted by molar-refractivity contribution is 0.277. The molecule has 1 heterocycles. The molecule has 0 saturated carbocycles. The number of hydrogen-bond acceptors (Lipinski definition) is 4. The second kappa shape index (κ2) is 7.72. The number of halogens is 2. The number of hydrogen-bond donors (Lipinski definition) is 2. The van der Waals surface area contributed by atoms with Crippen molar-refractivity contribution < 1.29 is 5.11 Å². The summed E-state index contributed by atoms with van der Waals surface area (Å²) in [7, 11) is 0. The van der Waals surface area contributed by atoms with E-state index in [0.717, 1.165) is 11.1 Å². The van der Waals surface area contributed by atoms with Crippen LogP contribution in [0.5, 0.6) is 0 Å². The highest BCUT2D eigenvalue weighted by Crippen LogP contribution is 2.35. The van der Waals surface area contributed by atoms with Gasteiger partial charge in [0.25, 0.3) is 0 Å². The predicted octanol–water partition coefficient (Wildman–Crippen LogP) is 4.94. The molecule has 0 radical (unpaired) electrons. The van der Waals surface area contributed by atoms with Crippen LogP contribution in [0.2, 0.25) is 10.0 Å². The normalized spacial score (nSPS) is 12.2. The van der Waals surface area contributed by atoms with Gasteiger partial charge in [0.2, 0.25) is 0 Å². The number of nitrogens with zero attached hydrogens (tertiary/aromatic N) is 2. The van der Waals surface area contributed by atoms with Crippen LogP contribution in [0.1, 0.15) is 29.9 Å². The third kappa shape index (κ3) is 3.60. The van der Waals surface area contributed by atoms with Crippen LogP contribution < -0.4 is 5.73 Å². The van der Waals surface area contributed by atoms with Crippen molar-refractivity contribution in [1.82, 2.24) is 9.97 Å². The molecule has 0 spiro atoms. The van der Waals surface area contributed by atoms with E-state index in [1.54, 1.807) is 6.07 Å². The molecule has 0 aliphatic rings. The summed E-state index contributed by atoms with van der Waals surface area (Å²) in [6.45, 7) is 3.54. The molecule has 1 aromatic heterocycles. The molecule has 26 heavy (non-hydrogen) atoms. The maximum Gasteiger partial charge on any atom is 0.0945 e. The number of aliphatic hydroxyl groups is 1. The Labute approximate surface area is 162 Å². The Hall–Kier alpha value is -1.98. The summed E-state index contributed by atoms with van der Waals surface area (Å²) in [6.07, 6.45) is 0. The van der Waals surface area contributed by atoms with Crippen LogP contribution in [0.15, 0.2) is 42.5 Å². The number of nitrogens with two attached hydrogens (primary N) is 1. The molecule has 6 heteroatoms. The molecule has 0 aliphatic heterocycles. The van der Waals surface area contributed by atoms with E-state index in [1.807, 2.05) is 50.2 Å². The summed E-state index contributed by atoms with van der Waals surface area (Å²) in [4.78, 5) is 9.32. The predicted molar refractivity (Wildman–Crippen MR) is 106 cm³/mol. The number of aliphatic hydroxyl groups excluding tert-OH is 1. The highest BCUT2D eigenvalue weighted by Gasteiger charge is 2.17. The fourth-order valence-corrected chi connectivity index (χ4v) is 3.20. The van der Waals surface area contributed by atoms with Gasteiger partial charge in [-0.05, 0) is 31.5 Å². The van der Waals surface area contributed by atoms with Crippen molar-refractivity contribution in [3.63, 3.8) is 0 Å². The van der Waals surface area contributed by atoms with Crippen molar-refractivity contribution in [1.29, 1.82) is 0 Å². The van der Waals surface area contributed by atoms with Crippen LogP contribution in [0.3, 0.4) is 0 Å². The topological polar surface area (TPSA) is 72.0 Å². The van der Waals surface area contributed by atoms with Gasteiger partial charge < -0.3 is 10.8 Å². The highest BCUT2D eigenvalue weighted by atomic mass is 35.5. The Balaban J connectivity index is 2.17. The summed E-state index contributed by atoms with van der Waals surface area (Å²) in [5.74, 6) is 0. The maximum absolute atomic E-state index is 9.86. The molecule has 3 N–H and O–H groups in total. The second-order valence-electron chi connectivity index (χ2n) is 6.13. The molecule has 3 aromatic rings.